The number of carbonyl (C=O) groups is 2. The summed E-state index contributed by atoms with van der Waals surface area (Å²) in [6.07, 6.45) is 2.43. The monoisotopic (exact) mass is 391 g/mol. The van der Waals surface area contributed by atoms with E-state index < -0.39 is 6.03 Å². The van der Waals surface area contributed by atoms with Crippen LogP contribution in [0.25, 0.3) is 17.0 Å². The molecule has 0 saturated carbocycles. The van der Waals surface area contributed by atoms with Crippen molar-refractivity contribution in [3.05, 3.63) is 76.9 Å². The molecule has 0 spiro atoms. The number of hydrogen-bond donors (Lipinski definition) is 1. The zero-order valence-electron chi connectivity index (χ0n) is 16.4. The van der Waals surface area contributed by atoms with E-state index in [1.54, 1.807) is 18.2 Å². The first-order valence-electron chi connectivity index (χ1n) is 9.67. The average molecular weight is 391 g/mol. The van der Waals surface area contributed by atoms with Gasteiger partial charge in [-0.2, -0.15) is 0 Å². The first-order chi connectivity index (χ1) is 14.0. The van der Waals surface area contributed by atoms with Gasteiger partial charge in [0.1, 0.15) is 11.5 Å². The quantitative estimate of drug-likeness (QED) is 0.516. The molecule has 148 valence electrons. The zero-order valence-corrected chi connectivity index (χ0v) is 16.4. The number of fused-ring (bicyclic) bond motifs is 1. The van der Waals surface area contributed by atoms with Crippen molar-refractivity contribution in [2.24, 2.45) is 0 Å². The molecule has 0 aliphatic carbocycles. The van der Waals surface area contributed by atoms with E-state index >= 15 is 0 Å². The molecule has 1 aliphatic rings. The number of hydrogen-bond acceptors (Lipinski definition) is 2. The molecule has 5 nitrogen and oxygen atoms in total. The fourth-order valence-electron chi connectivity index (χ4n) is 3.78. The van der Waals surface area contributed by atoms with Crippen molar-refractivity contribution in [3.63, 3.8) is 0 Å². The van der Waals surface area contributed by atoms with Gasteiger partial charge < -0.3 is 9.88 Å². The SMILES string of the molecule is CCCN1C(=O)N/C(=C/c2c(C)n(Cc3ccccc3F)c3ccccc23)C1=O. The van der Waals surface area contributed by atoms with Gasteiger partial charge in [-0.3, -0.25) is 9.69 Å². The summed E-state index contributed by atoms with van der Waals surface area (Å²) in [4.78, 5) is 26.0. The molecule has 3 amide bonds. The van der Waals surface area contributed by atoms with Gasteiger partial charge in [-0.25, -0.2) is 9.18 Å². The van der Waals surface area contributed by atoms with Crippen LogP contribution in [0.3, 0.4) is 0 Å². The smallest absolute Gasteiger partial charge is 0.329 e. The van der Waals surface area contributed by atoms with E-state index in [-0.39, 0.29) is 17.4 Å². The number of amides is 3. The van der Waals surface area contributed by atoms with Gasteiger partial charge in [0.15, 0.2) is 0 Å². The number of para-hydroxylation sites is 1. The summed E-state index contributed by atoms with van der Waals surface area (Å²) in [5.41, 5.74) is 3.55. The predicted octanol–water partition coefficient (Wildman–Crippen LogP) is 4.44. The lowest BCUT2D eigenvalue weighted by Crippen LogP contribution is -2.31. The molecule has 6 heteroatoms. The van der Waals surface area contributed by atoms with E-state index in [4.69, 9.17) is 0 Å². The zero-order chi connectivity index (χ0) is 20.5. The highest BCUT2D eigenvalue weighted by molar-refractivity contribution is 6.14. The number of halogens is 1. The van der Waals surface area contributed by atoms with Crippen LogP contribution in [0.4, 0.5) is 9.18 Å². The van der Waals surface area contributed by atoms with E-state index in [0.29, 0.717) is 25.1 Å². The van der Waals surface area contributed by atoms with Gasteiger partial charge in [0.05, 0.1) is 6.54 Å². The second-order valence-corrected chi connectivity index (χ2v) is 7.14. The van der Waals surface area contributed by atoms with Crippen LogP contribution < -0.4 is 5.32 Å². The Balaban J connectivity index is 1.81. The summed E-state index contributed by atoms with van der Waals surface area (Å²) in [5, 5.41) is 3.63. The van der Waals surface area contributed by atoms with Crippen molar-refractivity contribution in [3.8, 4) is 0 Å². The molecule has 1 aliphatic heterocycles. The Morgan fingerprint density at radius 1 is 1.07 bits per heavy atom. The number of rotatable bonds is 5. The molecule has 2 aromatic carbocycles. The summed E-state index contributed by atoms with van der Waals surface area (Å²) in [6, 6.07) is 14.1. The van der Waals surface area contributed by atoms with Crippen LogP contribution in [-0.4, -0.2) is 28.0 Å². The molecule has 0 unspecified atom stereocenters. The molecule has 1 aromatic heterocycles. The summed E-state index contributed by atoms with van der Waals surface area (Å²) >= 11 is 0. The topological polar surface area (TPSA) is 54.3 Å². The third-order valence-corrected chi connectivity index (χ3v) is 5.26. The van der Waals surface area contributed by atoms with Crippen LogP contribution in [0, 0.1) is 12.7 Å². The third kappa shape index (κ3) is 3.31. The van der Waals surface area contributed by atoms with Crippen molar-refractivity contribution >= 4 is 28.9 Å². The minimum atomic E-state index is -0.393. The molecule has 0 bridgehead atoms. The van der Waals surface area contributed by atoms with E-state index in [2.05, 4.69) is 5.32 Å². The second kappa shape index (κ2) is 7.54. The molecular weight excluding hydrogens is 369 g/mol. The van der Waals surface area contributed by atoms with E-state index in [0.717, 1.165) is 22.2 Å². The fraction of sp³-hybridized carbons (Fsp3) is 0.217. The lowest BCUT2D eigenvalue weighted by atomic mass is 10.1. The number of nitrogens with zero attached hydrogens (tertiary/aromatic N) is 2. The highest BCUT2D eigenvalue weighted by Gasteiger charge is 2.33. The van der Waals surface area contributed by atoms with Crippen molar-refractivity contribution in [1.82, 2.24) is 14.8 Å². The van der Waals surface area contributed by atoms with Crippen LogP contribution in [-0.2, 0) is 11.3 Å². The number of urea groups is 1. The van der Waals surface area contributed by atoms with E-state index in [1.165, 1.54) is 11.0 Å². The minimum absolute atomic E-state index is 0.252. The molecule has 2 heterocycles. The Morgan fingerprint density at radius 3 is 2.55 bits per heavy atom. The molecule has 1 saturated heterocycles. The van der Waals surface area contributed by atoms with E-state index in [9.17, 15) is 14.0 Å². The Morgan fingerprint density at radius 2 is 1.79 bits per heavy atom. The van der Waals surface area contributed by atoms with Crippen LogP contribution in [0.2, 0.25) is 0 Å². The van der Waals surface area contributed by atoms with Crippen molar-refractivity contribution < 1.29 is 14.0 Å². The minimum Gasteiger partial charge on any atom is -0.340 e. The summed E-state index contributed by atoms with van der Waals surface area (Å²) in [5.74, 6) is -0.569. The molecule has 3 aromatic rings. The molecular formula is C23H22FN3O2. The second-order valence-electron chi connectivity index (χ2n) is 7.14. The van der Waals surface area contributed by atoms with Crippen molar-refractivity contribution in [1.29, 1.82) is 0 Å². The van der Waals surface area contributed by atoms with Crippen LogP contribution in [0.1, 0.15) is 30.2 Å². The maximum atomic E-state index is 14.2. The first kappa shape index (κ1) is 18.9. The maximum absolute atomic E-state index is 14.2. The number of aromatic nitrogens is 1. The van der Waals surface area contributed by atoms with Crippen LogP contribution >= 0.6 is 0 Å². The van der Waals surface area contributed by atoms with Crippen LogP contribution in [0.5, 0.6) is 0 Å². The van der Waals surface area contributed by atoms with Crippen molar-refractivity contribution in [2.45, 2.75) is 26.8 Å². The van der Waals surface area contributed by atoms with Gasteiger partial charge >= 0.3 is 6.03 Å². The van der Waals surface area contributed by atoms with Gasteiger partial charge in [0, 0.05) is 34.3 Å². The van der Waals surface area contributed by atoms with Crippen molar-refractivity contribution in [2.75, 3.05) is 6.54 Å². The standard InChI is InChI=1S/C23H22FN3O2/c1-3-12-26-22(28)20(25-23(26)29)13-18-15(2)27(21-11-7-5-9-17(18)21)14-16-8-4-6-10-19(16)24/h4-11,13H,3,12,14H2,1-2H3,(H,25,29)/b20-13+. The Hall–Kier alpha value is -3.41. The number of carbonyl (C=O) groups excluding carboxylic acids is 2. The fourth-order valence-corrected chi connectivity index (χ4v) is 3.78. The third-order valence-electron chi connectivity index (χ3n) is 5.26. The van der Waals surface area contributed by atoms with Gasteiger partial charge in [-0.05, 0) is 31.6 Å². The predicted molar refractivity (Wildman–Crippen MR) is 111 cm³/mol. The van der Waals surface area contributed by atoms with Crippen LogP contribution in [0.15, 0.2) is 54.2 Å². The molecule has 1 N–H and O–H groups in total. The highest BCUT2D eigenvalue weighted by Crippen LogP contribution is 2.29. The first-order valence-corrected chi connectivity index (χ1v) is 9.67. The Labute approximate surface area is 168 Å². The molecule has 0 atom stereocenters. The van der Waals surface area contributed by atoms with E-state index in [1.807, 2.05) is 48.7 Å². The molecule has 4 rings (SSSR count). The maximum Gasteiger partial charge on any atom is 0.329 e. The lowest BCUT2D eigenvalue weighted by Gasteiger charge is -2.10. The largest absolute Gasteiger partial charge is 0.340 e. The molecule has 29 heavy (non-hydrogen) atoms. The van der Waals surface area contributed by atoms with Gasteiger partial charge in [-0.1, -0.05) is 43.3 Å². The summed E-state index contributed by atoms with van der Waals surface area (Å²) < 4.78 is 16.3. The lowest BCUT2D eigenvalue weighted by molar-refractivity contribution is -0.122. The highest BCUT2D eigenvalue weighted by atomic mass is 19.1. The Kier molecular flexibility index (Phi) is 4.92. The number of nitrogens with one attached hydrogen (secondary N) is 1. The number of benzene rings is 2. The van der Waals surface area contributed by atoms with Gasteiger partial charge in [0.2, 0.25) is 0 Å². The summed E-state index contributed by atoms with van der Waals surface area (Å²) in [7, 11) is 0. The normalized spacial score (nSPS) is 15.6. The summed E-state index contributed by atoms with van der Waals surface area (Å²) in [6.45, 7) is 4.63. The Bertz CT molecular complexity index is 1150. The number of imide groups is 1. The average Bonchev–Trinajstić information content (AvgIpc) is 3.13. The molecule has 1 fully saturated rings. The molecule has 0 radical (unpaired) electrons. The van der Waals surface area contributed by atoms with Gasteiger partial charge in [-0.15, -0.1) is 0 Å². The van der Waals surface area contributed by atoms with Gasteiger partial charge in [0.25, 0.3) is 5.91 Å².